The Morgan fingerprint density at radius 3 is 2.39 bits per heavy atom. The molecule has 0 saturated carbocycles. The highest BCUT2D eigenvalue weighted by atomic mass is 16.5. The SMILES string of the molecule is COc1ccc(CC(=O)OCC(C)C)cc1OC. The lowest BCUT2D eigenvalue weighted by molar-refractivity contribution is -0.143. The molecule has 4 nitrogen and oxygen atoms in total. The minimum atomic E-state index is -0.226. The number of ether oxygens (including phenoxy) is 3. The molecule has 1 aromatic rings. The number of hydrogen-bond donors (Lipinski definition) is 0. The molecule has 0 atom stereocenters. The summed E-state index contributed by atoms with van der Waals surface area (Å²) in [5, 5.41) is 0. The third kappa shape index (κ3) is 4.28. The van der Waals surface area contributed by atoms with Gasteiger partial charge >= 0.3 is 5.97 Å². The predicted molar refractivity (Wildman–Crippen MR) is 69.0 cm³/mol. The van der Waals surface area contributed by atoms with E-state index in [2.05, 4.69) is 0 Å². The summed E-state index contributed by atoms with van der Waals surface area (Å²) in [6.45, 7) is 4.46. The summed E-state index contributed by atoms with van der Waals surface area (Å²) in [4.78, 5) is 11.6. The second-order valence-corrected chi connectivity index (χ2v) is 4.44. The predicted octanol–water partition coefficient (Wildman–Crippen LogP) is 2.45. The molecule has 0 amide bonds. The summed E-state index contributed by atoms with van der Waals surface area (Å²) in [6.07, 6.45) is 0.243. The van der Waals surface area contributed by atoms with E-state index in [1.54, 1.807) is 26.4 Å². The zero-order chi connectivity index (χ0) is 13.5. The monoisotopic (exact) mass is 252 g/mol. The van der Waals surface area contributed by atoms with E-state index < -0.39 is 0 Å². The molecule has 0 unspecified atom stereocenters. The van der Waals surface area contributed by atoms with Crippen LogP contribution < -0.4 is 9.47 Å². The summed E-state index contributed by atoms with van der Waals surface area (Å²) < 4.78 is 15.4. The number of hydrogen-bond acceptors (Lipinski definition) is 4. The average molecular weight is 252 g/mol. The zero-order valence-electron chi connectivity index (χ0n) is 11.4. The minimum absolute atomic E-state index is 0.226. The fourth-order valence-electron chi connectivity index (χ4n) is 1.47. The summed E-state index contributed by atoms with van der Waals surface area (Å²) in [7, 11) is 3.15. The normalized spacial score (nSPS) is 10.3. The average Bonchev–Trinajstić information content (AvgIpc) is 2.36. The van der Waals surface area contributed by atoms with E-state index in [-0.39, 0.29) is 12.4 Å². The molecule has 0 aliphatic carbocycles. The summed E-state index contributed by atoms with van der Waals surface area (Å²) >= 11 is 0. The molecule has 0 bridgehead atoms. The zero-order valence-corrected chi connectivity index (χ0v) is 11.4. The van der Waals surface area contributed by atoms with Gasteiger partial charge in [0.05, 0.1) is 27.2 Å². The number of benzene rings is 1. The van der Waals surface area contributed by atoms with Gasteiger partial charge in [0, 0.05) is 0 Å². The van der Waals surface area contributed by atoms with Crippen LogP contribution in [0.3, 0.4) is 0 Å². The number of rotatable bonds is 6. The Morgan fingerprint density at radius 1 is 1.17 bits per heavy atom. The Labute approximate surface area is 108 Å². The van der Waals surface area contributed by atoms with Crippen LogP contribution in [0.25, 0.3) is 0 Å². The van der Waals surface area contributed by atoms with Gasteiger partial charge in [-0.1, -0.05) is 19.9 Å². The van der Waals surface area contributed by atoms with Crippen LogP contribution in [0.1, 0.15) is 19.4 Å². The van der Waals surface area contributed by atoms with Crippen LogP contribution in [-0.4, -0.2) is 26.8 Å². The molecule has 0 fully saturated rings. The van der Waals surface area contributed by atoms with Crippen LogP contribution >= 0.6 is 0 Å². The number of esters is 1. The molecule has 0 aromatic heterocycles. The van der Waals surface area contributed by atoms with Crippen molar-refractivity contribution in [2.75, 3.05) is 20.8 Å². The maximum atomic E-state index is 11.6. The second-order valence-electron chi connectivity index (χ2n) is 4.44. The first-order valence-corrected chi connectivity index (χ1v) is 5.93. The van der Waals surface area contributed by atoms with E-state index in [0.29, 0.717) is 24.0 Å². The lowest BCUT2D eigenvalue weighted by Gasteiger charge is -2.10. The van der Waals surface area contributed by atoms with Gasteiger partial charge in [0.15, 0.2) is 11.5 Å². The van der Waals surface area contributed by atoms with Crippen LogP contribution in [-0.2, 0) is 16.0 Å². The van der Waals surface area contributed by atoms with Crippen molar-refractivity contribution in [3.05, 3.63) is 23.8 Å². The van der Waals surface area contributed by atoms with Gasteiger partial charge in [-0.2, -0.15) is 0 Å². The Bertz CT molecular complexity index is 399. The second kappa shape index (κ2) is 6.89. The molecule has 18 heavy (non-hydrogen) atoms. The van der Waals surface area contributed by atoms with Gasteiger partial charge in [-0.05, 0) is 23.6 Å². The number of methoxy groups -OCH3 is 2. The molecule has 0 saturated heterocycles. The lowest BCUT2D eigenvalue weighted by atomic mass is 10.1. The number of carbonyl (C=O) groups excluding carboxylic acids is 1. The van der Waals surface area contributed by atoms with E-state index in [9.17, 15) is 4.79 Å². The van der Waals surface area contributed by atoms with Crippen molar-refractivity contribution in [1.29, 1.82) is 0 Å². The molecule has 1 aromatic carbocycles. The van der Waals surface area contributed by atoms with Crippen LogP contribution in [0.15, 0.2) is 18.2 Å². The molecule has 1 rings (SSSR count). The van der Waals surface area contributed by atoms with Gasteiger partial charge < -0.3 is 14.2 Å². The summed E-state index contributed by atoms with van der Waals surface area (Å²) in [5.74, 6) is 1.39. The molecular formula is C14H20O4. The van der Waals surface area contributed by atoms with E-state index in [1.165, 1.54) is 0 Å². The largest absolute Gasteiger partial charge is 0.493 e. The van der Waals surface area contributed by atoms with E-state index in [1.807, 2.05) is 19.9 Å². The van der Waals surface area contributed by atoms with Gasteiger partial charge in [0.25, 0.3) is 0 Å². The molecule has 0 aliphatic heterocycles. The van der Waals surface area contributed by atoms with Crippen molar-refractivity contribution in [2.45, 2.75) is 20.3 Å². The molecule has 100 valence electrons. The highest BCUT2D eigenvalue weighted by molar-refractivity contribution is 5.73. The highest BCUT2D eigenvalue weighted by Gasteiger charge is 2.09. The first kappa shape index (κ1) is 14.4. The summed E-state index contributed by atoms with van der Waals surface area (Å²) in [5.41, 5.74) is 0.849. The van der Waals surface area contributed by atoms with Crippen molar-refractivity contribution < 1.29 is 19.0 Å². The van der Waals surface area contributed by atoms with E-state index in [4.69, 9.17) is 14.2 Å². The van der Waals surface area contributed by atoms with E-state index in [0.717, 1.165) is 5.56 Å². The fraction of sp³-hybridized carbons (Fsp3) is 0.500. The minimum Gasteiger partial charge on any atom is -0.493 e. The van der Waals surface area contributed by atoms with Gasteiger partial charge in [-0.25, -0.2) is 0 Å². The molecule has 4 heteroatoms. The topological polar surface area (TPSA) is 44.8 Å². The first-order chi connectivity index (χ1) is 8.56. The Morgan fingerprint density at radius 2 is 1.83 bits per heavy atom. The molecule has 0 radical (unpaired) electrons. The van der Waals surface area contributed by atoms with Crippen molar-refractivity contribution in [3.63, 3.8) is 0 Å². The Balaban J connectivity index is 2.64. The number of carbonyl (C=O) groups is 1. The van der Waals surface area contributed by atoms with Crippen LogP contribution in [0, 0.1) is 5.92 Å². The van der Waals surface area contributed by atoms with Crippen LogP contribution in [0.2, 0.25) is 0 Å². The van der Waals surface area contributed by atoms with Gasteiger partial charge in [0.1, 0.15) is 0 Å². The van der Waals surface area contributed by atoms with Crippen molar-refractivity contribution in [1.82, 2.24) is 0 Å². The summed E-state index contributed by atoms with van der Waals surface area (Å²) in [6, 6.07) is 5.40. The quantitative estimate of drug-likeness (QED) is 0.729. The molecular weight excluding hydrogens is 232 g/mol. The maximum Gasteiger partial charge on any atom is 0.310 e. The Hall–Kier alpha value is -1.71. The first-order valence-electron chi connectivity index (χ1n) is 5.93. The third-order valence-corrected chi connectivity index (χ3v) is 2.37. The molecule has 0 N–H and O–H groups in total. The fourth-order valence-corrected chi connectivity index (χ4v) is 1.47. The van der Waals surface area contributed by atoms with Crippen molar-refractivity contribution in [2.24, 2.45) is 5.92 Å². The smallest absolute Gasteiger partial charge is 0.310 e. The van der Waals surface area contributed by atoms with Crippen LogP contribution in [0.5, 0.6) is 11.5 Å². The van der Waals surface area contributed by atoms with Gasteiger partial charge in [-0.3, -0.25) is 4.79 Å². The van der Waals surface area contributed by atoms with E-state index >= 15 is 0 Å². The highest BCUT2D eigenvalue weighted by Crippen LogP contribution is 2.27. The molecule has 0 aliphatic rings. The Kier molecular flexibility index (Phi) is 5.49. The molecule has 0 heterocycles. The van der Waals surface area contributed by atoms with Crippen LogP contribution in [0.4, 0.5) is 0 Å². The van der Waals surface area contributed by atoms with Gasteiger partial charge in [0.2, 0.25) is 0 Å². The van der Waals surface area contributed by atoms with Gasteiger partial charge in [-0.15, -0.1) is 0 Å². The standard InChI is InChI=1S/C14H20O4/c1-10(2)9-18-14(15)8-11-5-6-12(16-3)13(7-11)17-4/h5-7,10H,8-9H2,1-4H3. The third-order valence-electron chi connectivity index (χ3n) is 2.37. The van der Waals surface area contributed by atoms with Crippen molar-refractivity contribution in [3.8, 4) is 11.5 Å². The lowest BCUT2D eigenvalue weighted by Crippen LogP contribution is -2.12. The molecule has 0 spiro atoms. The van der Waals surface area contributed by atoms with Crippen molar-refractivity contribution >= 4 is 5.97 Å². The maximum absolute atomic E-state index is 11.6.